The molecule has 0 fully saturated rings. The molecular formula is C33H32N4O4. The number of hydrogen-bond acceptors (Lipinski definition) is 5. The van der Waals surface area contributed by atoms with Crippen molar-refractivity contribution in [3.8, 4) is 5.75 Å². The molecule has 1 unspecified atom stereocenters. The number of rotatable bonds is 10. The summed E-state index contributed by atoms with van der Waals surface area (Å²) in [5.74, 6) is -0.132. The zero-order valence-electron chi connectivity index (χ0n) is 23.3. The van der Waals surface area contributed by atoms with Crippen LogP contribution in [0.5, 0.6) is 5.75 Å². The molecule has 0 saturated heterocycles. The van der Waals surface area contributed by atoms with Crippen LogP contribution in [0, 0.1) is 0 Å². The lowest BCUT2D eigenvalue weighted by Crippen LogP contribution is -2.31. The van der Waals surface area contributed by atoms with Gasteiger partial charge in [0.1, 0.15) is 12.4 Å². The summed E-state index contributed by atoms with van der Waals surface area (Å²) < 4.78 is 14.3. The fraction of sp³-hybridized carbons (Fsp3) is 0.212. The molecule has 2 N–H and O–H groups in total. The van der Waals surface area contributed by atoms with Crippen molar-refractivity contribution in [2.75, 3.05) is 27.7 Å². The molecule has 8 heteroatoms. The van der Waals surface area contributed by atoms with Gasteiger partial charge in [-0.05, 0) is 31.8 Å². The summed E-state index contributed by atoms with van der Waals surface area (Å²) in [7, 11) is 5.72. The molecule has 0 spiro atoms. The number of ether oxygens (including phenoxy) is 2. The number of aromatic nitrogens is 2. The number of methoxy groups -OCH3 is 1. The Hall–Kier alpha value is -4.66. The topological polar surface area (TPSA) is 88.6 Å². The zero-order chi connectivity index (χ0) is 28.5. The Bertz CT molecular complexity index is 1780. The van der Waals surface area contributed by atoms with Crippen molar-refractivity contribution in [1.29, 1.82) is 0 Å². The monoisotopic (exact) mass is 548 g/mol. The molecule has 0 bridgehead atoms. The highest BCUT2D eigenvalue weighted by Gasteiger charge is 2.35. The third-order valence-electron chi connectivity index (χ3n) is 7.46. The van der Waals surface area contributed by atoms with Gasteiger partial charge in [0.25, 0.3) is 11.8 Å². The van der Waals surface area contributed by atoms with Crippen LogP contribution >= 0.6 is 0 Å². The van der Waals surface area contributed by atoms with Crippen LogP contribution in [0.4, 0.5) is 0 Å². The molecule has 0 radical (unpaired) electrons. The number of imide groups is 1. The van der Waals surface area contributed by atoms with E-state index < -0.39 is 11.8 Å². The van der Waals surface area contributed by atoms with Crippen LogP contribution in [0.1, 0.15) is 16.7 Å². The predicted octanol–water partition coefficient (Wildman–Crippen LogP) is 4.85. The van der Waals surface area contributed by atoms with Gasteiger partial charge in [0.05, 0.1) is 29.3 Å². The van der Waals surface area contributed by atoms with Gasteiger partial charge in [-0.3, -0.25) is 14.9 Å². The van der Waals surface area contributed by atoms with Crippen LogP contribution in [0.3, 0.4) is 0 Å². The van der Waals surface area contributed by atoms with E-state index in [4.69, 9.17) is 9.47 Å². The Labute approximate surface area is 238 Å². The first-order valence-electron chi connectivity index (χ1n) is 13.6. The van der Waals surface area contributed by atoms with Gasteiger partial charge in [-0.1, -0.05) is 60.7 Å². The first-order chi connectivity index (χ1) is 19.9. The third-order valence-corrected chi connectivity index (χ3v) is 7.46. The fourth-order valence-electron chi connectivity index (χ4n) is 5.60. The lowest BCUT2D eigenvalue weighted by Gasteiger charge is -2.21. The summed E-state index contributed by atoms with van der Waals surface area (Å²) in [5, 5.41) is 4.25. The van der Waals surface area contributed by atoms with Gasteiger partial charge in [-0.15, -0.1) is 0 Å². The summed E-state index contributed by atoms with van der Waals surface area (Å²) in [5.41, 5.74) is 4.87. The maximum Gasteiger partial charge on any atom is 0.259 e. The Balaban J connectivity index is 1.53. The van der Waals surface area contributed by atoms with Crippen molar-refractivity contribution in [3.05, 3.63) is 102 Å². The number of carbonyl (C=O) groups is 2. The number of likely N-dealkylation sites (N-methyl/N-ethyl adjacent to an activating group) is 1. The number of benzene rings is 3. The van der Waals surface area contributed by atoms with Gasteiger partial charge in [-0.25, -0.2) is 0 Å². The number of amides is 2. The van der Waals surface area contributed by atoms with Gasteiger partial charge in [0.2, 0.25) is 0 Å². The van der Waals surface area contributed by atoms with Crippen molar-refractivity contribution in [2.45, 2.75) is 19.3 Å². The van der Waals surface area contributed by atoms with Crippen molar-refractivity contribution in [2.24, 2.45) is 0 Å². The maximum absolute atomic E-state index is 13.4. The molecule has 3 aromatic carbocycles. The van der Waals surface area contributed by atoms with Crippen molar-refractivity contribution in [1.82, 2.24) is 19.8 Å². The quantitative estimate of drug-likeness (QED) is 0.244. The van der Waals surface area contributed by atoms with Crippen molar-refractivity contribution >= 4 is 44.8 Å². The Morgan fingerprint density at radius 3 is 2.32 bits per heavy atom. The van der Waals surface area contributed by atoms with Crippen LogP contribution in [0.25, 0.3) is 33.0 Å². The molecule has 2 aromatic heterocycles. The highest BCUT2D eigenvalue weighted by Crippen LogP contribution is 2.40. The Morgan fingerprint density at radius 2 is 1.56 bits per heavy atom. The summed E-state index contributed by atoms with van der Waals surface area (Å²) in [4.78, 5) is 32.0. The number of hydrogen-bond donors (Lipinski definition) is 2. The van der Waals surface area contributed by atoms with E-state index in [0.717, 1.165) is 27.4 Å². The largest absolute Gasteiger partial charge is 0.487 e. The van der Waals surface area contributed by atoms with Gasteiger partial charge in [-0.2, -0.15) is 0 Å². The van der Waals surface area contributed by atoms with Crippen LogP contribution < -0.4 is 10.1 Å². The fourth-order valence-corrected chi connectivity index (χ4v) is 5.60. The van der Waals surface area contributed by atoms with E-state index in [0.29, 0.717) is 47.7 Å². The SMILES string of the molecule is COC(CN(C)C)Cn1cc(C2=C(c3c[nH]c4ccccc34)C(=O)NC2=O)c2cccc(OCc3ccccc3)c21. The summed E-state index contributed by atoms with van der Waals surface area (Å²) in [6.07, 6.45) is 3.63. The summed E-state index contributed by atoms with van der Waals surface area (Å²) >= 11 is 0. The van der Waals surface area contributed by atoms with E-state index in [1.807, 2.05) is 93.1 Å². The molecule has 0 saturated carbocycles. The smallest absolute Gasteiger partial charge is 0.259 e. The number of para-hydroxylation sites is 2. The molecular weight excluding hydrogens is 516 g/mol. The van der Waals surface area contributed by atoms with E-state index >= 15 is 0 Å². The zero-order valence-corrected chi connectivity index (χ0v) is 23.3. The van der Waals surface area contributed by atoms with E-state index in [1.54, 1.807) is 13.3 Å². The molecule has 3 heterocycles. The van der Waals surface area contributed by atoms with E-state index in [2.05, 4.69) is 19.8 Å². The summed E-state index contributed by atoms with van der Waals surface area (Å²) in [6, 6.07) is 23.6. The second kappa shape index (κ2) is 11.1. The van der Waals surface area contributed by atoms with Crippen LogP contribution in [0.2, 0.25) is 0 Å². The summed E-state index contributed by atoms with van der Waals surface area (Å²) in [6.45, 7) is 1.64. The average Bonchev–Trinajstić information content (AvgIpc) is 3.64. The van der Waals surface area contributed by atoms with Crippen LogP contribution in [-0.4, -0.2) is 60.1 Å². The molecule has 8 nitrogen and oxygen atoms in total. The first kappa shape index (κ1) is 26.6. The highest BCUT2D eigenvalue weighted by molar-refractivity contribution is 6.50. The lowest BCUT2D eigenvalue weighted by atomic mass is 9.95. The van der Waals surface area contributed by atoms with Crippen molar-refractivity contribution in [3.63, 3.8) is 0 Å². The van der Waals surface area contributed by atoms with E-state index in [1.165, 1.54) is 0 Å². The lowest BCUT2D eigenvalue weighted by molar-refractivity contribution is -0.122. The number of carbonyl (C=O) groups excluding carboxylic acids is 2. The van der Waals surface area contributed by atoms with E-state index in [-0.39, 0.29) is 6.10 Å². The molecule has 2 amide bonds. The van der Waals surface area contributed by atoms with Gasteiger partial charge < -0.3 is 23.9 Å². The highest BCUT2D eigenvalue weighted by atomic mass is 16.5. The van der Waals surface area contributed by atoms with Crippen LogP contribution in [-0.2, 0) is 27.5 Å². The number of fused-ring (bicyclic) bond motifs is 2. The van der Waals surface area contributed by atoms with Crippen LogP contribution in [0.15, 0.2) is 85.2 Å². The van der Waals surface area contributed by atoms with Crippen molar-refractivity contribution < 1.29 is 19.1 Å². The number of aromatic amines is 1. The van der Waals surface area contributed by atoms with Gasteiger partial charge in [0.15, 0.2) is 0 Å². The average molecular weight is 549 g/mol. The normalized spacial score (nSPS) is 14.4. The van der Waals surface area contributed by atoms with Gasteiger partial charge in [0, 0.05) is 53.5 Å². The predicted molar refractivity (Wildman–Crippen MR) is 160 cm³/mol. The van der Waals surface area contributed by atoms with E-state index in [9.17, 15) is 9.59 Å². The number of H-pyrrole nitrogens is 1. The molecule has 5 aromatic rings. The minimum atomic E-state index is -0.415. The molecule has 0 aliphatic carbocycles. The molecule has 1 aliphatic rings. The second-order valence-electron chi connectivity index (χ2n) is 10.5. The Morgan fingerprint density at radius 1 is 0.854 bits per heavy atom. The molecule has 6 rings (SSSR count). The molecule has 1 aliphatic heterocycles. The number of nitrogens with one attached hydrogen (secondary N) is 2. The first-order valence-corrected chi connectivity index (χ1v) is 13.6. The minimum Gasteiger partial charge on any atom is -0.487 e. The third kappa shape index (κ3) is 5.03. The number of nitrogens with zero attached hydrogens (tertiary/aromatic N) is 2. The molecule has 208 valence electrons. The minimum absolute atomic E-state index is 0.114. The van der Waals surface area contributed by atoms with Gasteiger partial charge >= 0.3 is 0 Å². The second-order valence-corrected chi connectivity index (χ2v) is 10.5. The molecule has 1 atom stereocenters. The maximum atomic E-state index is 13.4. The molecule has 41 heavy (non-hydrogen) atoms. The standard InChI is InChI=1S/C33H32N4O4/c1-36(2)17-22(40-3)18-37-19-26(24-13-9-15-28(31(24)37)41-20-21-10-5-4-6-11-21)30-29(32(38)35-33(30)39)25-16-34-27-14-8-7-12-23(25)27/h4-16,19,22,34H,17-18,20H2,1-3H3,(H,35,38,39). The Kier molecular flexibility index (Phi) is 7.17.